The van der Waals surface area contributed by atoms with Crippen LogP contribution in [0.25, 0.3) is 0 Å². The number of benzene rings is 1. The number of aromatic nitrogens is 1. The van der Waals surface area contributed by atoms with Crippen LogP contribution in [0.4, 0.5) is 0 Å². The van der Waals surface area contributed by atoms with Crippen LogP contribution in [0, 0.1) is 0 Å². The Kier molecular flexibility index (Phi) is 4.21. The summed E-state index contributed by atoms with van der Waals surface area (Å²) in [5, 5.41) is 3.58. The predicted molar refractivity (Wildman–Crippen MR) is 82.4 cm³/mol. The minimum absolute atomic E-state index is 0.734. The van der Waals surface area contributed by atoms with Gasteiger partial charge < -0.3 is 5.32 Å². The van der Waals surface area contributed by atoms with Gasteiger partial charge in [-0.2, -0.15) is 0 Å². The summed E-state index contributed by atoms with van der Waals surface area (Å²) in [6.07, 6.45) is 6.31. The van der Waals surface area contributed by atoms with Gasteiger partial charge in [0.05, 0.1) is 0 Å². The van der Waals surface area contributed by atoms with Crippen molar-refractivity contribution in [1.82, 2.24) is 10.3 Å². The van der Waals surface area contributed by atoms with Crippen LogP contribution in [0.15, 0.2) is 57.0 Å². The largest absolute Gasteiger partial charge is 0.310 e. The third-order valence-corrected chi connectivity index (χ3v) is 4.68. The smallest absolute Gasteiger partial charge is 0.0279 e. The van der Waals surface area contributed by atoms with E-state index in [1.807, 2.05) is 24.5 Å². The molecular formula is C15H15BrN2S. The maximum atomic E-state index is 4.06. The number of halogens is 1. The first kappa shape index (κ1) is 13.2. The van der Waals surface area contributed by atoms with Crippen molar-refractivity contribution in [3.05, 3.63) is 52.8 Å². The second kappa shape index (κ2) is 6.07. The lowest BCUT2D eigenvalue weighted by Gasteiger charge is -2.10. The minimum atomic E-state index is 0.734. The highest BCUT2D eigenvalue weighted by Crippen LogP contribution is 2.32. The van der Waals surface area contributed by atoms with E-state index in [0.29, 0.717) is 0 Å². The van der Waals surface area contributed by atoms with Crippen LogP contribution in [-0.2, 0) is 6.54 Å². The predicted octanol–water partition coefficient (Wildman–Crippen LogP) is 4.25. The molecule has 3 rings (SSSR count). The molecular weight excluding hydrogens is 320 g/mol. The fourth-order valence-electron chi connectivity index (χ4n) is 1.86. The van der Waals surface area contributed by atoms with Gasteiger partial charge in [-0.25, -0.2) is 0 Å². The zero-order chi connectivity index (χ0) is 13.1. The molecule has 1 aromatic carbocycles. The molecule has 2 aromatic rings. The van der Waals surface area contributed by atoms with E-state index < -0.39 is 0 Å². The average molecular weight is 335 g/mol. The van der Waals surface area contributed by atoms with E-state index in [2.05, 4.69) is 44.4 Å². The molecule has 0 aliphatic heterocycles. The molecule has 0 atom stereocenters. The van der Waals surface area contributed by atoms with E-state index in [4.69, 9.17) is 0 Å². The molecule has 98 valence electrons. The highest BCUT2D eigenvalue weighted by Gasteiger charge is 2.20. The van der Waals surface area contributed by atoms with Crippen molar-refractivity contribution in [2.75, 3.05) is 0 Å². The molecule has 1 fully saturated rings. The topological polar surface area (TPSA) is 24.9 Å². The number of nitrogens with one attached hydrogen (secondary N) is 1. The average Bonchev–Trinajstić information content (AvgIpc) is 3.24. The van der Waals surface area contributed by atoms with Crippen LogP contribution in [-0.4, -0.2) is 11.0 Å². The number of nitrogens with zero attached hydrogens (tertiary/aromatic N) is 1. The maximum Gasteiger partial charge on any atom is 0.0279 e. The van der Waals surface area contributed by atoms with Gasteiger partial charge in [0.2, 0.25) is 0 Å². The summed E-state index contributed by atoms with van der Waals surface area (Å²) in [6.45, 7) is 0.942. The summed E-state index contributed by atoms with van der Waals surface area (Å²) in [5.41, 5.74) is 1.35. The van der Waals surface area contributed by atoms with Crippen LogP contribution < -0.4 is 5.32 Å². The number of pyridine rings is 1. The summed E-state index contributed by atoms with van der Waals surface area (Å²) >= 11 is 5.35. The van der Waals surface area contributed by atoms with Gasteiger partial charge in [-0.1, -0.05) is 27.7 Å². The number of hydrogen-bond donors (Lipinski definition) is 1. The van der Waals surface area contributed by atoms with E-state index in [1.165, 1.54) is 28.2 Å². The fourth-order valence-corrected chi connectivity index (χ4v) is 3.18. The highest BCUT2D eigenvalue weighted by atomic mass is 79.9. The lowest BCUT2D eigenvalue weighted by molar-refractivity contribution is 0.680. The molecule has 1 aliphatic rings. The third kappa shape index (κ3) is 3.81. The van der Waals surface area contributed by atoms with Crippen LogP contribution >= 0.6 is 27.7 Å². The zero-order valence-corrected chi connectivity index (χ0v) is 12.9. The van der Waals surface area contributed by atoms with Crippen molar-refractivity contribution in [2.45, 2.75) is 35.2 Å². The molecule has 1 aromatic heterocycles. The summed E-state index contributed by atoms with van der Waals surface area (Å²) < 4.78 is 1.14. The van der Waals surface area contributed by atoms with E-state index in [1.54, 1.807) is 11.8 Å². The van der Waals surface area contributed by atoms with Crippen LogP contribution in [0.2, 0.25) is 0 Å². The second-order valence-corrected chi connectivity index (χ2v) is 6.72. The standard InChI is InChI=1S/C15H15BrN2S/c16-12-1-4-15(19-14-5-7-17-8-6-14)11(9-12)10-18-13-2-3-13/h1,4-9,13,18H,2-3,10H2. The molecule has 4 heteroatoms. The Morgan fingerprint density at radius 2 is 2.00 bits per heavy atom. The highest BCUT2D eigenvalue weighted by molar-refractivity contribution is 9.10. The Bertz CT molecular complexity index is 555. The minimum Gasteiger partial charge on any atom is -0.310 e. The summed E-state index contributed by atoms with van der Waals surface area (Å²) in [4.78, 5) is 6.59. The van der Waals surface area contributed by atoms with Gasteiger partial charge >= 0.3 is 0 Å². The van der Waals surface area contributed by atoms with Crippen LogP contribution in [0.3, 0.4) is 0 Å². The summed E-state index contributed by atoms with van der Waals surface area (Å²) in [7, 11) is 0. The van der Waals surface area contributed by atoms with Crippen molar-refractivity contribution in [3.8, 4) is 0 Å². The quantitative estimate of drug-likeness (QED) is 0.884. The molecule has 1 N–H and O–H groups in total. The van der Waals surface area contributed by atoms with Gasteiger partial charge in [-0.15, -0.1) is 0 Å². The van der Waals surface area contributed by atoms with Gasteiger partial charge in [-0.3, -0.25) is 4.98 Å². The molecule has 1 saturated carbocycles. The first-order valence-electron chi connectivity index (χ1n) is 6.41. The van der Waals surface area contributed by atoms with Crippen molar-refractivity contribution in [1.29, 1.82) is 0 Å². The van der Waals surface area contributed by atoms with Gasteiger partial charge in [0.25, 0.3) is 0 Å². The molecule has 2 nitrogen and oxygen atoms in total. The first-order valence-corrected chi connectivity index (χ1v) is 8.02. The van der Waals surface area contributed by atoms with E-state index >= 15 is 0 Å². The Hall–Kier alpha value is -0.840. The number of hydrogen-bond acceptors (Lipinski definition) is 3. The monoisotopic (exact) mass is 334 g/mol. The molecule has 0 amide bonds. The number of rotatable bonds is 5. The van der Waals surface area contributed by atoms with E-state index in [-0.39, 0.29) is 0 Å². The van der Waals surface area contributed by atoms with E-state index in [0.717, 1.165) is 17.1 Å². The van der Waals surface area contributed by atoms with Crippen molar-refractivity contribution in [2.24, 2.45) is 0 Å². The normalized spacial score (nSPS) is 14.6. The molecule has 0 unspecified atom stereocenters. The third-order valence-electron chi connectivity index (χ3n) is 3.06. The Morgan fingerprint density at radius 3 is 2.74 bits per heavy atom. The molecule has 1 aliphatic carbocycles. The Labute approximate surface area is 126 Å². The first-order chi connectivity index (χ1) is 9.31. The summed E-state index contributed by atoms with van der Waals surface area (Å²) in [6, 6.07) is 11.3. The lowest BCUT2D eigenvalue weighted by Crippen LogP contribution is -2.15. The molecule has 19 heavy (non-hydrogen) atoms. The van der Waals surface area contributed by atoms with Crippen molar-refractivity contribution >= 4 is 27.7 Å². The van der Waals surface area contributed by atoms with E-state index in [9.17, 15) is 0 Å². The maximum absolute atomic E-state index is 4.06. The van der Waals surface area contributed by atoms with Gasteiger partial charge in [-0.05, 0) is 48.7 Å². The van der Waals surface area contributed by atoms with Gasteiger partial charge in [0, 0.05) is 39.2 Å². The SMILES string of the molecule is Brc1ccc(Sc2ccncc2)c(CNC2CC2)c1. The molecule has 0 spiro atoms. The Morgan fingerprint density at radius 1 is 1.21 bits per heavy atom. The van der Waals surface area contributed by atoms with Gasteiger partial charge in [0.15, 0.2) is 0 Å². The van der Waals surface area contributed by atoms with Gasteiger partial charge in [0.1, 0.15) is 0 Å². The lowest BCUT2D eigenvalue weighted by atomic mass is 10.2. The molecule has 0 radical (unpaired) electrons. The molecule has 0 bridgehead atoms. The summed E-state index contributed by atoms with van der Waals surface area (Å²) in [5.74, 6) is 0. The van der Waals surface area contributed by atoms with Crippen LogP contribution in [0.1, 0.15) is 18.4 Å². The second-order valence-electron chi connectivity index (χ2n) is 4.69. The molecule has 1 heterocycles. The van der Waals surface area contributed by atoms with Crippen molar-refractivity contribution in [3.63, 3.8) is 0 Å². The Balaban J connectivity index is 1.78. The fraction of sp³-hybridized carbons (Fsp3) is 0.267. The zero-order valence-electron chi connectivity index (χ0n) is 10.5. The van der Waals surface area contributed by atoms with Crippen molar-refractivity contribution < 1.29 is 0 Å². The van der Waals surface area contributed by atoms with Crippen LogP contribution in [0.5, 0.6) is 0 Å². The molecule has 0 saturated heterocycles.